The number of fused-ring (bicyclic) bond motifs is 1. The summed E-state index contributed by atoms with van der Waals surface area (Å²) in [5.41, 5.74) is 9.45. The molecule has 10 nitrogen and oxygen atoms in total. The van der Waals surface area contributed by atoms with Crippen LogP contribution in [0.3, 0.4) is 0 Å². The van der Waals surface area contributed by atoms with Crippen LogP contribution >= 0.6 is 11.6 Å². The number of halogens is 2. The highest BCUT2D eigenvalue weighted by Gasteiger charge is 2.22. The van der Waals surface area contributed by atoms with Gasteiger partial charge in [-0.15, -0.1) is 0 Å². The number of rotatable bonds is 8. The Morgan fingerprint density at radius 1 is 1.29 bits per heavy atom. The zero-order chi connectivity index (χ0) is 24.8. The highest BCUT2D eigenvalue weighted by Crippen LogP contribution is 2.18. The monoisotopic (exact) mass is 485 g/mol. The molecule has 34 heavy (non-hydrogen) atoms. The minimum absolute atomic E-state index is 0.0357. The smallest absolute Gasteiger partial charge is 0.249 e. The Kier molecular flexibility index (Phi) is 7.83. The lowest BCUT2D eigenvalue weighted by Crippen LogP contribution is -2.45. The van der Waals surface area contributed by atoms with Gasteiger partial charge in [-0.05, 0) is 48.8 Å². The van der Waals surface area contributed by atoms with E-state index in [0.717, 1.165) is 0 Å². The number of hydrogen-bond donors (Lipinski definition) is 1. The van der Waals surface area contributed by atoms with Crippen LogP contribution in [-0.4, -0.2) is 45.0 Å². The second kappa shape index (κ2) is 10.8. The van der Waals surface area contributed by atoms with Crippen LogP contribution in [0, 0.1) is 5.82 Å². The van der Waals surface area contributed by atoms with Crippen molar-refractivity contribution >= 4 is 40.2 Å². The highest BCUT2D eigenvalue weighted by atomic mass is 35.5. The van der Waals surface area contributed by atoms with Gasteiger partial charge in [0.05, 0.1) is 23.3 Å². The molecular formula is C22H21ClFN7O3. The first kappa shape index (κ1) is 24.7. The largest absolute Gasteiger partial charge is 0.350 e. The van der Waals surface area contributed by atoms with Crippen LogP contribution in [0.5, 0.6) is 0 Å². The van der Waals surface area contributed by atoms with Gasteiger partial charge in [-0.1, -0.05) is 23.7 Å². The van der Waals surface area contributed by atoms with E-state index >= 15 is 0 Å². The Labute approximate surface area is 198 Å². The van der Waals surface area contributed by atoms with Crippen molar-refractivity contribution in [3.8, 4) is 0 Å². The molecule has 0 aliphatic rings. The summed E-state index contributed by atoms with van der Waals surface area (Å²) < 4.78 is 15.5. The van der Waals surface area contributed by atoms with Crippen LogP contribution < -0.4 is 5.32 Å². The first-order valence-electron chi connectivity index (χ1n) is 10.2. The topological polar surface area (TPSA) is 133 Å². The summed E-state index contributed by atoms with van der Waals surface area (Å²) in [4.78, 5) is 41.0. The Morgan fingerprint density at radius 3 is 2.76 bits per heavy atom. The van der Waals surface area contributed by atoms with Crippen LogP contribution in [0.25, 0.3) is 21.3 Å². The SMILES string of the molecule is CC(C)N(CC(=O)NCc1cccc(Cl)c1F)C(=O)Cn1ncc2cc(C(=O)N=[N+]=[N-])ccc21. The van der Waals surface area contributed by atoms with E-state index in [2.05, 4.69) is 20.4 Å². The molecular weight excluding hydrogens is 465 g/mol. The van der Waals surface area contributed by atoms with Crippen molar-refractivity contribution in [2.24, 2.45) is 5.11 Å². The minimum atomic E-state index is -0.720. The van der Waals surface area contributed by atoms with E-state index in [4.69, 9.17) is 17.1 Å². The van der Waals surface area contributed by atoms with Crippen LogP contribution in [0.4, 0.5) is 4.39 Å². The third-order valence-corrected chi connectivity index (χ3v) is 5.37. The zero-order valence-electron chi connectivity index (χ0n) is 18.4. The molecule has 1 heterocycles. The fraction of sp³-hybridized carbons (Fsp3) is 0.273. The van der Waals surface area contributed by atoms with Crippen molar-refractivity contribution < 1.29 is 18.8 Å². The van der Waals surface area contributed by atoms with E-state index in [0.29, 0.717) is 10.9 Å². The van der Waals surface area contributed by atoms with Gasteiger partial charge in [0, 0.05) is 34.0 Å². The van der Waals surface area contributed by atoms with Crippen LogP contribution in [0.1, 0.15) is 29.8 Å². The van der Waals surface area contributed by atoms with Gasteiger partial charge < -0.3 is 10.2 Å². The van der Waals surface area contributed by atoms with Crippen LogP contribution in [-0.2, 0) is 22.7 Å². The summed E-state index contributed by atoms with van der Waals surface area (Å²) in [5, 5.41) is 10.4. The molecule has 2 aromatic carbocycles. The number of carbonyl (C=O) groups is 3. The second-order valence-corrected chi connectivity index (χ2v) is 8.08. The van der Waals surface area contributed by atoms with Gasteiger partial charge in [-0.25, -0.2) is 4.39 Å². The minimum Gasteiger partial charge on any atom is -0.350 e. The van der Waals surface area contributed by atoms with Gasteiger partial charge in [0.25, 0.3) is 0 Å². The maximum absolute atomic E-state index is 14.0. The Morgan fingerprint density at radius 2 is 2.06 bits per heavy atom. The quantitative estimate of drug-likeness (QED) is 0.295. The molecule has 1 aromatic heterocycles. The van der Waals surface area contributed by atoms with Crippen molar-refractivity contribution in [2.75, 3.05) is 6.54 Å². The summed E-state index contributed by atoms with van der Waals surface area (Å²) in [5.74, 6) is -2.12. The van der Waals surface area contributed by atoms with Crippen molar-refractivity contribution in [2.45, 2.75) is 33.0 Å². The molecule has 0 bridgehead atoms. The fourth-order valence-corrected chi connectivity index (χ4v) is 3.51. The average Bonchev–Trinajstić information content (AvgIpc) is 3.20. The van der Waals surface area contributed by atoms with E-state index in [-0.39, 0.29) is 47.7 Å². The first-order valence-corrected chi connectivity index (χ1v) is 10.6. The summed E-state index contributed by atoms with van der Waals surface area (Å²) in [6, 6.07) is 8.83. The number of nitrogens with zero attached hydrogens (tertiary/aromatic N) is 6. The maximum Gasteiger partial charge on any atom is 0.249 e. The molecule has 0 atom stereocenters. The molecule has 176 valence electrons. The van der Waals surface area contributed by atoms with E-state index in [1.165, 1.54) is 40.0 Å². The molecule has 0 spiro atoms. The lowest BCUT2D eigenvalue weighted by molar-refractivity contribution is -0.138. The lowest BCUT2D eigenvalue weighted by Gasteiger charge is -2.26. The van der Waals surface area contributed by atoms with Gasteiger partial charge in [0.2, 0.25) is 17.7 Å². The summed E-state index contributed by atoms with van der Waals surface area (Å²) in [6.07, 6.45) is 1.49. The van der Waals surface area contributed by atoms with Gasteiger partial charge in [-0.3, -0.25) is 19.1 Å². The first-order chi connectivity index (χ1) is 16.2. The Hall–Kier alpha value is -3.95. The van der Waals surface area contributed by atoms with Gasteiger partial charge in [0.1, 0.15) is 12.4 Å². The number of benzene rings is 2. The Bertz CT molecular complexity index is 1300. The molecule has 0 aliphatic carbocycles. The summed E-state index contributed by atoms with van der Waals surface area (Å²) in [6.45, 7) is 3.13. The molecule has 0 aliphatic heterocycles. The van der Waals surface area contributed by atoms with E-state index in [1.807, 2.05) is 0 Å². The molecule has 0 radical (unpaired) electrons. The third-order valence-electron chi connectivity index (χ3n) is 5.07. The number of amides is 3. The van der Waals surface area contributed by atoms with E-state index in [1.54, 1.807) is 26.0 Å². The lowest BCUT2D eigenvalue weighted by atomic mass is 10.1. The fourth-order valence-electron chi connectivity index (χ4n) is 3.31. The molecule has 0 fully saturated rings. The van der Waals surface area contributed by atoms with Gasteiger partial charge >= 0.3 is 0 Å². The third kappa shape index (κ3) is 5.69. The molecule has 0 saturated carbocycles. The van der Waals surface area contributed by atoms with Crippen LogP contribution in [0.2, 0.25) is 5.02 Å². The maximum atomic E-state index is 14.0. The molecule has 3 aromatic rings. The number of nitrogens with one attached hydrogen (secondary N) is 1. The predicted octanol–water partition coefficient (Wildman–Crippen LogP) is 3.83. The number of aromatic nitrogens is 2. The molecule has 3 rings (SSSR count). The molecule has 0 unspecified atom stereocenters. The molecule has 12 heteroatoms. The van der Waals surface area contributed by atoms with Crippen molar-refractivity contribution in [1.29, 1.82) is 0 Å². The van der Waals surface area contributed by atoms with E-state index in [9.17, 15) is 18.8 Å². The second-order valence-electron chi connectivity index (χ2n) is 7.68. The summed E-state index contributed by atoms with van der Waals surface area (Å²) in [7, 11) is 0. The highest BCUT2D eigenvalue weighted by molar-refractivity contribution is 6.30. The van der Waals surface area contributed by atoms with Crippen molar-refractivity contribution in [1.82, 2.24) is 20.0 Å². The standard InChI is InChI=1S/C22H21ClFN7O3/c1-13(2)30(11-19(32)26-9-15-4-3-5-17(23)21(15)24)20(33)12-31-18-7-6-14(22(34)28-29-25)8-16(18)10-27-31/h3-8,10,13H,9,11-12H2,1-2H3,(H,26,32). The zero-order valence-corrected chi connectivity index (χ0v) is 19.2. The summed E-state index contributed by atoms with van der Waals surface area (Å²) >= 11 is 5.76. The van der Waals surface area contributed by atoms with Crippen LogP contribution in [0.15, 0.2) is 47.7 Å². The number of carbonyl (C=O) groups excluding carboxylic acids is 3. The van der Waals surface area contributed by atoms with E-state index < -0.39 is 17.6 Å². The van der Waals surface area contributed by atoms with Crippen molar-refractivity contribution in [3.63, 3.8) is 0 Å². The average molecular weight is 486 g/mol. The molecule has 3 amide bonds. The van der Waals surface area contributed by atoms with Gasteiger partial charge in [-0.2, -0.15) is 5.10 Å². The van der Waals surface area contributed by atoms with Crippen molar-refractivity contribution in [3.05, 3.63) is 75.0 Å². The van der Waals surface area contributed by atoms with Gasteiger partial charge in [0.15, 0.2) is 0 Å². The number of azide groups is 1. The predicted molar refractivity (Wildman–Crippen MR) is 123 cm³/mol. The Balaban J connectivity index is 1.68. The number of hydrogen-bond acceptors (Lipinski definition) is 4. The molecule has 1 N–H and O–H groups in total. The molecule has 0 saturated heterocycles. The normalized spacial score (nSPS) is 10.7.